The maximum Gasteiger partial charge on any atom is 0.222 e. The molecule has 328 valence electrons. The number of unbranched alkanes of at least 4 members (excludes halogenated alkanes) is 2. The van der Waals surface area contributed by atoms with Gasteiger partial charge in [0.05, 0.1) is 31.8 Å². The molecular weight excluding hydrogens is 755 g/mol. The molecule has 6 aromatic rings. The van der Waals surface area contributed by atoms with Crippen molar-refractivity contribution < 1.29 is 19.7 Å². The van der Waals surface area contributed by atoms with E-state index in [1.54, 1.807) is 14.2 Å². The summed E-state index contributed by atoms with van der Waals surface area (Å²) in [4.78, 5) is 18.1. The van der Waals surface area contributed by atoms with Crippen LogP contribution in [0.5, 0.6) is 11.5 Å². The molecule has 4 heterocycles. The van der Waals surface area contributed by atoms with Crippen molar-refractivity contribution in [1.29, 1.82) is 0 Å². The number of para-hydroxylation sites is 1. The number of fused-ring (bicyclic) bond motifs is 2. The maximum absolute atomic E-state index is 9.45. The smallest absolute Gasteiger partial charge is 0.222 e. The molecule has 0 aliphatic rings. The summed E-state index contributed by atoms with van der Waals surface area (Å²) in [7, 11) is 3.35. The Morgan fingerprint density at radius 1 is 0.650 bits per heavy atom. The summed E-state index contributed by atoms with van der Waals surface area (Å²) in [6.45, 7) is 15.9. The molecule has 0 radical (unpaired) electrons. The first-order valence-electron chi connectivity index (χ1n) is 21.8. The SMILES string of the molecule is CC.CC.CCCC[C@@H](CCO)Nc1nc(C)nc2ccn(Cc3ccc(OC)cc3)c12.CCCC[C@@H](CCO)Nc1nc(N)nc2ccn(Cc3ccccc3OC)c12. The van der Waals surface area contributed by atoms with Crippen LogP contribution in [0.3, 0.4) is 0 Å². The number of aromatic nitrogens is 6. The molecule has 2 aromatic carbocycles. The molecule has 0 spiro atoms. The first-order chi connectivity index (χ1) is 29.3. The fourth-order valence-electron chi connectivity index (χ4n) is 6.93. The van der Waals surface area contributed by atoms with Crippen molar-refractivity contribution in [3.8, 4) is 11.5 Å². The lowest BCUT2D eigenvalue weighted by atomic mass is 10.1. The molecule has 0 fully saturated rings. The number of nitrogens with two attached hydrogens (primary N) is 1. The van der Waals surface area contributed by atoms with Crippen molar-refractivity contribution in [2.24, 2.45) is 0 Å². The Morgan fingerprint density at radius 3 is 1.72 bits per heavy atom. The molecule has 6 rings (SSSR count). The summed E-state index contributed by atoms with van der Waals surface area (Å²) < 4.78 is 15.0. The van der Waals surface area contributed by atoms with E-state index in [1.807, 2.05) is 89.3 Å². The van der Waals surface area contributed by atoms with Crippen molar-refractivity contribution in [2.75, 3.05) is 43.8 Å². The zero-order valence-corrected chi connectivity index (χ0v) is 37.5. The van der Waals surface area contributed by atoms with Gasteiger partial charge in [-0.05, 0) is 68.5 Å². The molecule has 0 bridgehead atoms. The Morgan fingerprint density at radius 2 is 1.18 bits per heavy atom. The largest absolute Gasteiger partial charge is 0.497 e. The molecule has 2 atom stereocenters. The summed E-state index contributed by atoms with van der Waals surface area (Å²) in [5, 5.41) is 26.0. The predicted octanol–water partition coefficient (Wildman–Crippen LogP) is 9.63. The van der Waals surface area contributed by atoms with Gasteiger partial charge in [-0.3, -0.25) is 0 Å². The number of benzene rings is 2. The Balaban J connectivity index is 0.000000296. The highest BCUT2D eigenvalue weighted by atomic mass is 16.5. The summed E-state index contributed by atoms with van der Waals surface area (Å²) in [6, 6.07) is 20.4. The fourth-order valence-corrected chi connectivity index (χ4v) is 6.93. The van der Waals surface area contributed by atoms with E-state index in [2.05, 4.69) is 71.9 Å². The van der Waals surface area contributed by atoms with Crippen LogP contribution in [-0.2, 0) is 13.1 Å². The number of hydrogen-bond donors (Lipinski definition) is 5. The van der Waals surface area contributed by atoms with E-state index in [0.29, 0.717) is 25.2 Å². The second kappa shape index (κ2) is 26.6. The highest BCUT2D eigenvalue weighted by Gasteiger charge is 2.18. The number of aliphatic hydroxyl groups excluding tert-OH is 2. The van der Waals surface area contributed by atoms with E-state index >= 15 is 0 Å². The minimum atomic E-state index is 0.132. The average Bonchev–Trinajstić information content (AvgIpc) is 3.87. The normalized spacial score (nSPS) is 11.7. The van der Waals surface area contributed by atoms with E-state index in [0.717, 1.165) is 95.8 Å². The van der Waals surface area contributed by atoms with E-state index in [9.17, 15) is 10.2 Å². The van der Waals surface area contributed by atoms with E-state index in [4.69, 9.17) is 15.2 Å². The van der Waals surface area contributed by atoms with E-state index in [-0.39, 0.29) is 31.2 Å². The van der Waals surface area contributed by atoms with Crippen LogP contribution in [0.2, 0.25) is 0 Å². The minimum Gasteiger partial charge on any atom is -0.497 e. The Hall–Kier alpha value is -5.40. The number of ether oxygens (including phenoxy) is 2. The van der Waals surface area contributed by atoms with Crippen LogP contribution in [0.25, 0.3) is 22.1 Å². The van der Waals surface area contributed by atoms with Crippen LogP contribution >= 0.6 is 0 Å². The lowest BCUT2D eigenvalue weighted by Gasteiger charge is -2.20. The standard InChI is InChI=1S/C22H30N4O2.C21H29N5O2.2C2H6/c1-4-5-6-18(12-14-27)25-22-21-20(23-16(2)24-22)11-13-26(21)15-17-7-9-19(28-3)10-8-17;1-3-4-8-16(11-13-27)23-20-19-17(24-21(22)25-20)10-12-26(19)14-15-7-5-6-9-18(15)28-2;2*1-2/h7-11,13,18,27H,4-6,12,14-15H2,1-3H3,(H,23,24,25);5-7,9-10,12,16,27H,3-4,8,11,13-14H2,1-2H3,(H3,22,23,24,25);2*1-2H3/t18-;16-;;/m00../s1. The summed E-state index contributed by atoms with van der Waals surface area (Å²) in [6.07, 6.45) is 11.9. The first kappa shape index (κ1) is 49.0. The predicted molar refractivity (Wildman–Crippen MR) is 248 cm³/mol. The van der Waals surface area contributed by atoms with E-state index < -0.39 is 0 Å². The van der Waals surface area contributed by atoms with Crippen molar-refractivity contribution in [2.45, 2.75) is 125 Å². The van der Waals surface area contributed by atoms with E-state index in [1.165, 1.54) is 5.56 Å². The Kier molecular flexibility index (Phi) is 21.7. The van der Waals surface area contributed by atoms with Gasteiger partial charge in [-0.2, -0.15) is 4.98 Å². The summed E-state index contributed by atoms with van der Waals surface area (Å²) in [5.74, 6) is 4.23. The third-order valence-corrected chi connectivity index (χ3v) is 9.84. The molecule has 0 saturated heterocycles. The number of aliphatic hydroxyl groups is 2. The van der Waals surface area contributed by atoms with Crippen LogP contribution in [0.15, 0.2) is 73.1 Å². The zero-order valence-electron chi connectivity index (χ0n) is 37.5. The second-order valence-electron chi connectivity index (χ2n) is 14.1. The monoisotopic (exact) mass is 826 g/mol. The molecule has 0 aliphatic carbocycles. The molecular formula is C47H71N9O4. The summed E-state index contributed by atoms with van der Waals surface area (Å²) in [5.41, 5.74) is 11.8. The van der Waals surface area contributed by atoms with Gasteiger partial charge in [-0.1, -0.05) is 97.6 Å². The highest BCUT2D eigenvalue weighted by molar-refractivity contribution is 5.88. The van der Waals surface area contributed by atoms with Crippen LogP contribution in [0.4, 0.5) is 17.6 Å². The first-order valence-corrected chi connectivity index (χ1v) is 21.8. The molecule has 6 N–H and O–H groups in total. The molecule has 0 aliphatic heterocycles. The number of methoxy groups -OCH3 is 2. The van der Waals surface area contributed by atoms with Gasteiger partial charge in [0.1, 0.15) is 28.4 Å². The second-order valence-corrected chi connectivity index (χ2v) is 14.1. The maximum atomic E-state index is 9.45. The fraction of sp³-hybridized carbons (Fsp3) is 0.489. The average molecular weight is 826 g/mol. The van der Waals surface area contributed by atoms with Crippen molar-refractivity contribution >= 4 is 39.7 Å². The van der Waals surface area contributed by atoms with Crippen molar-refractivity contribution in [3.63, 3.8) is 0 Å². The number of anilines is 3. The molecule has 13 heteroatoms. The number of nitrogen functional groups attached to an aromatic ring is 1. The van der Waals surface area contributed by atoms with Crippen LogP contribution in [-0.4, -0.2) is 78.8 Å². The van der Waals surface area contributed by atoms with Gasteiger partial charge >= 0.3 is 0 Å². The van der Waals surface area contributed by atoms with Crippen LogP contribution in [0.1, 0.15) is 110 Å². The third-order valence-electron chi connectivity index (χ3n) is 9.84. The van der Waals surface area contributed by atoms with Gasteiger partial charge < -0.3 is 45.2 Å². The van der Waals surface area contributed by atoms with Crippen molar-refractivity contribution in [3.05, 3.63) is 90.0 Å². The van der Waals surface area contributed by atoms with Gasteiger partial charge in [0.25, 0.3) is 0 Å². The minimum absolute atomic E-state index is 0.132. The number of hydrogen-bond acceptors (Lipinski definition) is 11. The van der Waals surface area contributed by atoms with Gasteiger partial charge in [0.2, 0.25) is 5.95 Å². The van der Waals surface area contributed by atoms with Gasteiger partial charge in [0.15, 0.2) is 11.6 Å². The molecule has 0 amide bonds. The molecule has 60 heavy (non-hydrogen) atoms. The van der Waals surface area contributed by atoms with Crippen LogP contribution < -0.4 is 25.8 Å². The molecule has 0 unspecified atom stereocenters. The lowest BCUT2D eigenvalue weighted by Crippen LogP contribution is -2.22. The zero-order chi connectivity index (χ0) is 43.9. The number of nitrogens with one attached hydrogen (secondary N) is 2. The van der Waals surface area contributed by atoms with Crippen molar-refractivity contribution in [1.82, 2.24) is 29.1 Å². The molecule has 13 nitrogen and oxygen atoms in total. The van der Waals surface area contributed by atoms with Crippen LogP contribution in [0, 0.1) is 6.92 Å². The third kappa shape index (κ3) is 14.1. The number of aryl methyl sites for hydroxylation is 1. The van der Waals surface area contributed by atoms with Gasteiger partial charge in [-0.15, -0.1) is 0 Å². The Labute approximate surface area is 357 Å². The quantitative estimate of drug-likeness (QED) is 0.0497. The van der Waals surface area contributed by atoms with Gasteiger partial charge in [-0.25, -0.2) is 15.0 Å². The summed E-state index contributed by atoms with van der Waals surface area (Å²) >= 11 is 0. The number of rotatable bonds is 20. The number of nitrogens with zero attached hydrogens (tertiary/aromatic N) is 6. The Bertz CT molecular complexity index is 2100. The topological polar surface area (TPSA) is 170 Å². The highest BCUT2D eigenvalue weighted by Crippen LogP contribution is 2.28. The van der Waals surface area contributed by atoms with Gasteiger partial charge in [0, 0.05) is 49.8 Å². The molecule has 4 aromatic heterocycles. The lowest BCUT2D eigenvalue weighted by molar-refractivity contribution is 0.275. The molecule has 0 saturated carbocycles.